The highest BCUT2D eigenvalue weighted by atomic mass is 15.3. The molecule has 80 valence electrons. The predicted octanol–water partition coefficient (Wildman–Crippen LogP) is 1.69. The average Bonchev–Trinajstić information content (AvgIpc) is 2.82. The molecular formula is C12H17N3. The van der Waals surface area contributed by atoms with Crippen molar-refractivity contribution in [2.75, 3.05) is 13.1 Å². The Labute approximate surface area is 89.9 Å². The summed E-state index contributed by atoms with van der Waals surface area (Å²) in [5.41, 5.74) is 2.00. The largest absolute Gasteiger partial charge is 0.316 e. The van der Waals surface area contributed by atoms with Gasteiger partial charge in [0.25, 0.3) is 0 Å². The van der Waals surface area contributed by atoms with Gasteiger partial charge in [-0.2, -0.15) is 5.10 Å². The summed E-state index contributed by atoms with van der Waals surface area (Å²) in [5, 5.41) is 8.09. The minimum absolute atomic E-state index is 0.663. The monoisotopic (exact) mass is 203 g/mol. The first-order valence-corrected chi connectivity index (χ1v) is 6.11. The summed E-state index contributed by atoms with van der Waals surface area (Å²) in [5.74, 6) is 0.797. The molecule has 1 saturated heterocycles. The van der Waals surface area contributed by atoms with Crippen LogP contribution in [-0.2, 0) is 0 Å². The van der Waals surface area contributed by atoms with Crippen molar-refractivity contribution in [1.82, 2.24) is 15.1 Å². The number of hydrogen-bond acceptors (Lipinski definition) is 2. The molecule has 1 N–H and O–H groups in total. The van der Waals surface area contributed by atoms with Crippen molar-refractivity contribution < 1.29 is 0 Å². The van der Waals surface area contributed by atoms with Crippen LogP contribution in [0.15, 0.2) is 12.3 Å². The van der Waals surface area contributed by atoms with Crippen LogP contribution in [0.3, 0.4) is 0 Å². The van der Waals surface area contributed by atoms with Crippen molar-refractivity contribution >= 4 is 0 Å². The van der Waals surface area contributed by atoms with Crippen LogP contribution in [0.4, 0.5) is 0 Å². The van der Waals surface area contributed by atoms with E-state index in [1.165, 1.54) is 44.5 Å². The number of nitrogens with zero attached hydrogens (tertiary/aromatic N) is 2. The standard InChI is InChI=1S/C12H17N3/c1-2-9(1)11-3-4-15(14-11)10-5-12(6-10)7-13-8-12/h3-4,9-10,13H,1-2,5-8H2. The van der Waals surface area contributed by atoms with E-state index in [-0.39, 0.29) is 0 Å². The third kappa shape index (κ3) is 1.19. The van der Waals surface area contributed by atoms with Gasteiger partial charge in [-0.05, 0) is 37.2 Å². The van der Waals surface area contributed by atoms with Crippen LogP contribution in [0.25, 0.3) is 0 Å². The fraction of sp³-hybridized carbons (Fsp3) is 0.750. The van der Waals surface area contributed by atoms with E-state index in [0.29, 0.717) is 11.5 Å². The minimum Gasteiger partial charge on any atom is -0.316 e. The van der Waals surface area contributed by atoms with Crippen molar-refractivity contribution in [1.29, 1.82) is 0 Å². The Kier molecular flexibility index (Phi) is 1.47. The topological polar surface area (TPSA) is 29.9 Å². The molecule has 0 amide bonds. The number of aromatic nitrogens is 2. The van der Waals surface area contributed by atoms with E-state index in [1.807, 2.05) is 0 Å². The normalized spacial score (nSPS) is 28.8. The Balaban J connectivity index is 1.48. The maximum absolute atomic E-state index is 4.71. The first-order valence-electron chi connectivity index (χ1n) is 6.11. The van der Waals surface area contributed by atoms with E-state index >= 15 is 0 Å². The van der Waals surface area contributed by atoms with Crippen molar-refractivity contribution in [3.05, 3.63) is 18.0 Å². The van der Waals surface area contributed by atoms with Crippen LogP contribution >= 0.6 is 0 Å². The van der Waals surface area contributed by atoms with Gasteiger partial charge in [-0.1, -0.05) is 0 Å². The molecule has 0 aromatic carbocycles. The molecule has 0 radical (unpaired) electrons. The van der Waals surface area contributed by atoms with Gasteiger partial charge in [0.1, 0.15) is 0 Å². The van der Waals surface area contributed by atoms with E-state index in [9.17, 15) is 0 Å². The lowest BCUT2D eigenvalue weighted by Crippen LogP contribution is -2.60. The fourth-order valence-corrected chi connectivity index (χ4v) is 3.05. The molecule has 2 heterocycles. The van der Waals surface area contributed by atoms with Gasteiger partial charge in [0, 0.05) is 25.2 Å². The molecule has 3 aliphatic rings. The van der Waals surface area contributed by atoms with Crippen LogP contribution in [0.2, 0.25) is 0 Å². The van der Waals surface area contributed by atoms with E-state index in [2.05, 4.69) is 22.3 Å². The van der Waals surface area contributed by atoms with Gasteiger partial charge in [0.15, 0.2) is 0 Å². The van der Waals surface area contributed by atoms with Gasteiger partial charge in [0.05, 0.1) is 11.7 Å². The number of nitrogens with one attached hydrogen (secondary N) is 1. The highest BCUT2D eigenvalue weighted by Gasteiger charge is 2.49. The lowest BCUT2D eigenvalue weighted by atomic mass is 9.62. The number of hydrogen-bond donors (Lipinski definition) is 1. The third-order valence-electron chi connectivity index (χ3n) is 4.34. The second kappa shape index (κ2) is 2.64. The third-order valence-corrected chi connectivity index (χ3v) is 4.34. The lowest BCUT2D eigenvalue weighted by Gasteiger charge is -2.54. The molecule has 0 unspecified atom stereocenters. The molecule has 3 fully saturated rings. The first-order chi connectivity index (χ1) is 7.35. The molecule has 3 nitrogen and oxygen atoms in total. The Morgan fingerprint density at radius 2 is 2.13 bits per heavy atom. The van der Waals surface area contributed by atoms with Crippen molar-refractivity contribution in [2.45, 2.75) is 37.6 Å². The molecule has 1 aromatic heterocycles. The molecule has 0 atom stereocenters. The van der Waals surface area contributed by atoms with E-state index in [0.717, 1.165) is 5.92 Å². The van der Waals surface area contributed by atoms with E-state index in [4.69, 9.17) is 5.10 Å². The quantitative estimate of drug-likeness (QED) is 0.792. The van der Waals surface area contributed by atoms with Gasteiger partial charge >= 0.3 is 0 Å². The fourth-order valence-electron chi connectivity index (χ4n) is 3.05. The number of rotatable bonds is 2. The van der Waals surface area contributed by atoms with Gasteiger partial charge in [-0.3, -0.25) is 4.68 Å². The molecule has 0 bridgehead atoms. The SMILES string of the molecule is c1cn(C2CC3(CNC3)C2)nc1C1CC1. The zero-order valence-electron chi connectivity index (χ0n) is 8.95. The van der Waals surface area contributed by atoms with E-state index < -0.39 is 0 Å². The zero-order chi connectivity index (χ0) is 9.88. The van der Waals surface area contributed by atoms with Gasteiger partial charge in [0.2, 0.25) is 0 Å². The summed E-state index contributed by atoms with van der Waals surface area (Å²) < 4.78 is 2.22. The van der Waals surface area contributed by atoms with Crippen LogP contribution in [-0.4, -0.2) is 22.9 Å². The second-order valence-corrected chi connectivity index (χ2v) is 5.66. The van der Waals surface area contributed by atoms with Gasteiger partial charge in [-0.25, -0.2) is 0 Å². The average molecular weight is 203 g/mol. The highest BCUT2D eigenvalue weighted by Crippen LogP contribution is 2.51. The van der Waals surface area contributed by atoms with Crippen LogP contribution in [0.1, 0.15) is 43.3 Å². The maximum Gasteiger partial charge on any atom is 0.0655 e. The molecule has 3 heteroatoms. The van der Waals surface area contributed by atoms with Crippen molar-refractivity contribution in [3.63, 3.8) is 0 Å². The highest BCUT2D eigenvalue weighted by molar-refractivity contribution is 5.14. The second-order valence-electron chi connectivity index (χ2n) is 5.66. The van der Waals surface area contributed by atoms with Crippen molar-refractivity contribution in [2.24, 2.45) is 5.41 Å². The van der Waals surface area contributed by atoms with Crippen LogP contribution in [0, 0.1) is 5.41 Å². The Hall–Kier alpha value is -0.830. The molecule has 1 spiro atoms. The van der Waals surface area contributed by atoms with Crippen LogP contribution < -0.4 is 5.32 Å². The maximum atomic E-state index is 4.71. The smallest absolute Gasteiger partial charge is 0.0655 e. The Bertz CT molecular complexity index is 379. The first kappa shape index (κ1) is 8.34. The van der Waals surface area contributed by atoms with Crippen LogP contribution in [0.5, 0.6) is 0 Å². The molecule has 2 saturated carbocycles. The Morgan fingerprint density at radius 1 is 1.33 bits per heavy atom. The summed E-state index contributed by atoms with van der Waals surface area (Å²) in [6.07, 6.45) is 7.58. The molecule has 2 aliphatic carbocycles. The molecule has 1 aromatic rings. The molecule has 15 heavy (non-hydrogen) atoms. The van der Waals surface area contributed by atoms with Crippen molar-refractivity contribution in [3.8, 4) is 0 Å². The summed E-state index contributed by atoms with van der Waals surface area (Å²) in [6.45, 7) is 2.47. The predicted molar refractivity (Wildman–Crippen MR) is 57.8 cm³/mol. The summed E-state index contributed by atoms with van der Waals surface area (Å²) in [6, 6.07) is 2.92. The van der Waals surface area contributed by atoms with Gasteiger partial charge in [-0.15, -0.1) is 0 Å². The lowest BCUT2D eigenvalue weighted by molar-refractivity contribution is 0.00221. The summed E-state index contributed by atoms with van der Waals surface area (Å²) >= 11 is 0. The molecule has 1 aliphatic heterocycles. The molecule has 4 rings (SSSR count). The molecular weight excluding hydrogens is 186 g/mol. The van der Waals surface area contributed by atoms with Gasteiger partial charge < -0.3 is 5.32 Å². The van der Waals surface area contributed by atoms with E-state index in [1.54, 1.807) is 0 Å². The summed E-state index contributed by atoms with van der Waals surface area (Å²) in [4.78, 5) is 0. The summed E-state index contributed by atoms with van der Waals surface area (Å²) in [7, 11) is 0. The zero-order valence-corrected chi connectivity index (χ0v) is 8.95. The Morgan fingerprint density at radius 3 is 2.73 bits per heavy atom. The minimum atomic E-state index is 0.663.